The second kappa shape index (κ2) is 6.41. The number of hydrogen-bond donors (Lipinski definition) is 0. The molecule has 1 saturated heterocycles. The molecule has 0 saturated carbocycles. The molecule has 0 unspecified atom stereocenters. The number of aromatic nitrogens is 2. The molecule has 0 N–H and O–H groups in total. The zero-order valence-electron chi connectivity index (χ0n) is 11.2. The normalized spacial score (nSPS) is 18.5. The van der Waals surface area contributed by atoms with Crippen molar-refractivity contribution in [1.29, 1.82) is 0 Å². The predicted octanol–water partition coefficient (Wildman–Crippen LogP) is 2.88. The van der Waals surface area contributed by atoms with Crippen LogP contribution in [0, 0.1) is 0 Å². The fourth-order valence-electron chi connectivity index (χ4n) is 2.32. The molecule has 3 rings (SSSR count). The molecule has 1 aliphatic heterocycles. The van der Waals surface area contributed by atoms with Gasteiger partial charge in [0.15, 0.2) is 0 Å². The number of hydrogen-bond acceptors (Lipinski definition) is 5. The van der Waals surface area contributed by atoms with Crippen LogP contribution in [-0.2, 0) is 0 Å². The van der Waals surface area contributed by atoms with Crippen molar-refractivity contribution in [3.8, 4) is 5.88 Å². The largest absolute Gasteiger partial charge is 0.471 e. The van der Waals surface area contributed by atoms with E-state index >= 15 is 0 Å². The van der Waals surface area contributed by atoms with E-state index in [9.17, 15) is 4.79 Å². The Bertz CT molecular complexity index is 620. The molecule has 1 atom stereocenters. The van der Waals surface area contributed by atoms with Crippen LogP contribution in [0.4, 0.5) is 0 Å². The van der Waals surface area contributed by atoms with Crippen molar-refractivity contribution in [2.24, 2.45) is 0 Å². The molecule has 0 bridgehead atoms. The molecule has 0 spiro atoms. The van der Waals surface area contributed by atoms with Gasteiger partial charge in [-0.1, -0.05) is 11.6 Å². The van der Waals surface area contributed by atoms with Gasteiger partial charge in [0.2, 0.25) is 5.88 Å². The van der Waals surface area contributed by atoms with E-state index in [4.69, 9.17) is 16.3 Å². The lowest BCUT2D eigenvalue weighted by Crippen LogP contribution is -2.44. The van der Waals surface area contributed by atoms with Gasteiger partial charge in [-0.05, 0) is 25.0 Å². The maximum Gasteiger partial charge on any atom is 0.264 e. The van der Waals surface area contributed by atoms with E-state index in [0.717, 1.165) is 19.4 Å². The zero-order valence-corrected chi connectivity index (χ0v) is 12.8. The van der Waals surface area contributed by atoms with Gasteiger partial charge in [0, 0.05) is 18.9 Å². The summed E-state index contributed by atoms with van der Waals surface area (Å²) in [7, 11) is 0. The first kappa shape index (κ1) is 14.3. The van der Waals surface area contributed by atoms with Crippen molar-refractivity contribution in [3.63, 3.8) is 0 Å². The number of carbonyl (C=O) groups excluding carboxylic acids is 1. The van der Waals surface area contributed by atoms with E-state index in [0.29, 0.717) is 21.6 Å². The van der Waals surface area contributed by atoms with Crippen molar-refractivity contribution < 1.29 is 9.53 Å². The van der Waals surface area contributed by atoms with Crippen LogP contribution in [0.5, 0.6) is 5.88 Å². The molecule has 0 aromatic carbocycles. The van der Waals surface area contributed by atoms with E-state index in [1.165, 1.54) is 11.3 Å². The van der Waals surface area contributed by atoms with Crippen LogP contribution in [0.3, 0.4) is 0 Å². The lowest BCUT2D eigenvalue weighted by Gasteiger charge is -2.32. The topological polar surface area (TPSA) is 55.3 Å². The van der Waals surface area contributed by atoms with Crippen LogP contribution in [0.1, 0.15) is 22.5 Å². The summed E-state index contributed by atoms with van der Waals surface area (Å²) in [5.74, 6) is 0.510. The summed E-state index contributed by atoms with van der Waals surface area (Å²) < 4.78 is 6.41. The minimum absolute atomic E-state index is 0.0133. The standard InChI is InChI=1S/C14H14ClN3O2S/c15-12-4-3-11(21-12)14(19)18-7-1-2-10(9-18)20-13-8-16-5-6-17-13/h3-6,8,10H,1-2,7,9H2/t10-/m0/s1. The Morgan fingerprint density at radius 1 is 1.43 bits per heavy atom. The predicted molar refractivity (Wildman–Crippen MR) is 80.9 cm³/mol. The molecule has 7 heteroatoms. The van der Waals surface area contributed by atoms with Gasteiger partial charge in [-0.2, -0.15) is 0 Å². The highest BCUT2D eigenvalue weighted by molar-refractivity contribution is 7.17. The van der Waals surface area contributed by atoms with Crippen molar-refractivity contribution in [3.05, 3.63) is 39.9 Å². The number of rotatable bonds is 3. The molecule has 110 valence electrons. The fraction of sp³-hybridized carbons (Fsp3) is 0.357. The number of amides is 1. The summed E-state index contributed by atoms with van der Waals surface area (Å²) in [5.41, 5.74) is 0. The van der Waals surface area contributed by atoms with Gasteiger partial charge in [-0.3, -0.25) is 9.78 Å². The first-order valence-electron chi connectivity index (χ1n) is 6.69. The van der Waals surface area contributed by atoms with Crippen molar-refractivity contribution in [2.45, 2.75) is 18.9 Å². The molecule has 0 radical (unpaired) electrons. The van der Waals surface area contributed by atoms with Crippen molar-refractivity contribution >= 4 is 28.8 Å². The van der Waals surface area contributed by atoms with Gasteiger partial charge in [0.25, 0.3) is 5.91 Å². The Hall–Kier alpha value is -1.66. The molecule has 2 aromatic heterocycles. The van der Waals surface area contributed by atoms with Crippen LogP contribution < -0.4 is 4.74 Å². The second-order valence-corrected chi connectivity index (χ2v) is 6.50. The van der Waals surface area contributed by atoms with Crippen molar-refractivity contribution in [1.82, 2.24) is 14.9 Å². The molecule has 0 aliphatic carbocycles. The second-order valence-electron chi connectivity index (χ2n) is 4.78. The highest BCUT2D eigenvalue weighted by atomic mass is 35.5. The first-order valence-corrected chi connectivity index (χ1v) is 7.89. The van der Waals surface area contributed by atoms with E-state index in [1.54, 1.807) is 30.7 Å². The first-order chi connectivity index (χ1) is 10.2. The van der Waals surface area contributed by atoms with Gasteiger partial charge in [0.1, 0.15) is 6.10 Å². The van der Waals surface area contributed by atoms with E-state index in [1.807, 2.05) is 4.90 Å². The maximum absolute atomic E-state index is 12.4. The molecule has 3 heterocycles. The molecule has 2 aromatic rings. The van der Waals surface area contributed by atoms with Gasteiger partial charge in [-0.15, -0.1) is 11.3 Å². The number of ether oxygens (including phenoxy) is 1. The van der Waals surface area contributed by atoms with Gasteiger partial charge in [-0.25, -0.2) is 4.98 Å². The van der Waals surface area contributed by atoms with Crippen LogP contribution in [0.15, 0.2) is 30.7 Å². The quantitative estimate of drug-likeness (QED) is 0.871. The zero-order chi connectivity index (χ0) is 14.7. The summed E-state index contributed by atoms with van der Waals surface area (Å²) in [4.78, 5) is 23.0. The van der Waals surface area contributed by atoms with Crippen LogP contribution in [0.2, 0.25) is 4.34 Å². The van der Waals surface area contributed by atoms with E-state index in [-0.39, 0.29) is 12.0 Å². The Balaban J connectivity index is 1.64. The number of thiophene rings is 1. The Morgan fingerprint density at radius 2 is 2.33 bits per heavy atom. The van der Waals surface area contributed by atoms with Crippen LogP contribution in [-0.4, -0.2) is 40.0 Å². The van der Waals surface area contributed by atoms with E-state index in [2.05, 4.69) is 9.97 Å². The molecule has 1 aliphatic rings. The molecular formula is C14H14ClN3O2S. The molecule has 1 fully saturated rings. The lowest BCUT2D eigenvalue weighted by molar-refractivity contribution is 0.0531. The maximum atomic E-state index is 12.4. The van der Waals surface area contributed by atoms with Gasteiger partial charge < -0.3 is 9.64 Å². The third kappa shape index (κ3) is 3.51. The minimum atomic E-state index is -0.0464. The summed E-state index contributed by atoms with van der Waals surface area (Å²) >= 11 is 7.19. The lowest BCUT2D eigenvalue weighted by atomic mass is 10.1. The smallest absolute Gasteiger partial charge is 0.264 e. The SMILES string of the molecule is O=C(c1ccc(Cl)s1)N1CCC[C@H](Oc2cnccn2)C1. The van der Waals surface area contributed by atoms with Crippen molar-refractivity contribution in [2.75, 3.05) is 13.1 Å². The number of piperidine rings is 1. The van der Waals surface area contributed by atoms with E-state index < -0.39 is 0 Å². The minimum Gasteiger partial charge on any atom is -0.471 e. The number of nitrogens with zero attached hydrogens (tertiary/aromatic N) is 3. The summed E-state index contributed by atoms with van der Waals surface area (Å²) in [6.07, 6.45) is 6.55. The third-order valence-electron chi connectivity index (χ3n) is 3.28. The molecule has 5 nitrogen and oxygen atoms in total. The number of likely N-dealkylation sites (tertiary alicyclic amines) is 1. The summed E-state index contributed by atoms with van der Waals surface area (Å²) in [6.45, 7) is 1.31. The molecule has 1 amide bonds. The summed E-state index contributed by atoms with van der Waals surface area (Å²) in [5, 5.41) is 0. The highest BCUT2D eigenvalue weighted by Crippen LogP contribution is 2.24. The van der Waals surface area contributed by atoms with Gasteiger partial charge in [0.05, 0.1) is 22.0 Å². The van der Waals surface area contributed by atoms with Crippen LogP contribution >= 0.6 is 22.9 Å². The summed E-state index contributed by atoms with van der Waals surface area (Å²) in [6, 6.07) is 3.51. The highest BCUT2D eigenvalue weighted by Gasteiger charge is 2.26. The monoisotopic (exact) mass is 323 g/mol. The Labute approximate surface area is 131 Å². The Kier molecular flexibility index (Phi) is 4.36. The Morgan fingerprint density at radius 3 is 3.05 bits per heavy atom. The van der Waals surface area contributed by atoms with Gasteiger partial charge >= 0.3 is 0 Å². The average Bonchev–Trinajstić information content (AvgIpc) is 2.94. The third-order valence-corrected chi connectivity index (χ3v) is 4.50. The van der Waals surface area contributed by atoms with Crippen LogP contribution in [0.25, 0.3) is 0 Å². The average molecular weight is 324 g/mol. The molecular weight excluding hydrogens is 310 g/mol. The number of carbonyl (C=O) groups is 1. The molecule has 21 heavy (non-hydrogen) atoms. The number of halogens is 1. The fourth-order valence-corrected chi connectivity index (χ4v) is 3.33.